The molecule has 21 heavy (non-hydrogen) atoms. The number of anilines is 1. The Balaban J connectivity index is 2.23. The van der Waals surface area contributed by atoms with Crippen molar-refractivity contribution >= 4 is 5.69 Å². The van der Waals surface area contributed by atoms with E-state index in [4.69, 9.17) is 9.47 Å². The first-order chi connectivity index (χ1) is 10.1. The molecule has 0 saturated heterocycles. The molecule has 7 heteroatoms. The van der Waals surface area contributed by atoms with E-state index in [9.17, 15) is 13.2 Å². The van der Waals surface area contributed by atoms with Crippen LogP contribution >= 0.6 is 0 Å². The molecule has 0 spiro atoms. The van der Waals surface area contributed by atoms with Gasteiger partial charge in [0.25, 0.3) is 0 Å². The van der Waals surface area contributed by atoms with E-state index in [0.717, 1.165) is 12.1 Å². The van der Waals surface area contributed by atoms with Gasteiger partial charge in [-0.3, -0.25) is 4.98 Å². The Morgan fingerprint density at radius 1 is 1.05 bits per heavy atom. The highest BCUT2D eigenvalue weighted by molar-refractivity contribution is 5.48. The van der Waals surface area contributed by atoms with Crippen LogP contribution in [0.2, 0.25) is 0 Å². The molecule has 0 amide bonds. The molecule has 0 unspecified atom stereocenters. The lowest BCUT2D eigenvalue weighted by atomic mass is 10.2. The second-order valence-electron chi connectivity index (χ2n) is 4.07. The summed E-state index contributed by atoms with van der Waals surface area (Å²) >= 11 is 0. The topological polar surface area (TPSA) is 43.4 Å². The van der Waals surface area contributed by atoms with Crippen LogP contribution < -0.4 is 14.8 Å². The summed E-state index contributed by atoms with van der Waals surface area (Å²) in [6, 6.07) is 3.57. The first-order valence-corrected chi connectivity index (χ1v) is 6.01. The van der Waals surface area contributed by atoms with Gasteiger partial charge in [-0.2, -0.15) is 0 Å². The number of benzene rings is 1. The molecule has 0 radical (unpaired) electrons. The Morgan fingerprint density at radius 2 is 1.81 bits per heavy atom. The van der Waals surface area contributed by atoms with E-state index in [1.807, 2.05) is 0 Å². The number of methoxy groups -OCH3 is 2. The Hall–Kier alpha value is -2.44. The molecular formula is C14H13F3N2O2. The Morgan fingerprint density at radius 3 is 2.48 bits per heavy atom. The molecule has 1 N–H and O–H groups in total. The molecule has 0 aliphatic rings. The summed E-state index contributed by atoms with van der Waals surface area (Å²) in [5.74, 6) is -3.19. The number of nitrogens with zero attached hydrogens (tertiary/aromatic N) is 1. The maximum Gasteiger partial charge on any atom is 0.196 e. The number of pyridine rings is 1. The van der Waals surface area contributed by atoms with Gasteiger partial charge >= 0.3 is 0 Å². The zero-order chi connectivity index (χ0) is 15.4. The van der Waals surface area contributed by atoms with Gasteiger partial charge in [0, 0.05) is 12.3 Å². The minimum absolute atomic E-state index is 0.0579. The third kappa shape index (κ3) is 3.01. The molecule has 0 aliphatic heterocycles. The summed E-state index contributed by atoms with van der Waals surface area (Å²) in [7, 11) is 2.92. The number of rotatable bonds is 5. The molecule has 0 bridgehead atoms. The number of ether oxygens (including phenoxy) is 2. The first-order valence-electron chi connectivity index (χ1n) is 6.01. The predicted molar refractivity (Wildman–Crippen MR) is 71.0 cm³/mol. The van der Waals surface area contributed by atoms with Crippen LogP contribution in [-0.4, -0.2) is 19.2 Å². The van der Waals surface area contributed by atoms with Crippen molar-refractivity contribution in [3.05, 3.63) is 47.5 Å². The van der Waals surface area contributed by atoms with Crippen LogP contribution in [0, 0.1) is 17.5 Å². The molecule has 1 aromatic heterocycles. The molecule has 0 saturated carbocycles. The first kappa shape index (κ1) is 15.0. The summed E-state index contributed by atoms with van der Waals surface area (Å²) in [6.07, 6.45) is 1.50. The van der Waals surface area contributed by atoms with E-state index in [1.54, 1.807) is 6.07 Å². The number of hydrogen-bond acceptors (Lipinski definition) is 4. The van der Waals surface area contributed by atoms with Crippen LogP contribution in [0.4, 0.5) is 18.9 Å². The molecular weight excluding hydrogens is 285 g/mol. The normalized spacial score (nSPS) is 10.3. The SMILES string of the molecule is COc1ccnc(CNc2ccc(F)c(F)c2F)c1OC. The highest BCUT2D eigenvalue weighted by Crippen LogP contribution is 2.29. The average molecular weight is 298 g/mol. The van der Waals surface area contributed by atoms with E-state index in [-0.39, 0.29) is 12.2 Å². The fourth-order valence-electron chi connectivity index (χ4n) is 1.82. The van der Waals surface area contributed by atoms with E-state index in [2.05, 4.69) is 10.3 Å². The van der Waals surface area contributed by atoms with Crippen LogP contribution in [0.5, 0.6) is 11.5 Å². The van der Waals surface area contributed by atoms with Crippen molar-refractivity contribution in [1.82, 2.24) is 4.98 Å². The molecule has 0 fully saturated rings. The van der Waals surface area contributed by atoms with E-state index < -0.39 is 17.5 Å². The van der Waals surface area contributed by atoms with Gasteiger partial charge in [0.15, 0.2) is 29.0 Å². The van der Waals surface area contributed by atoms with Gasteiger partial charge in [0.2, 0.25) is 0 Å². The molecule has 1 aromatic carbocycles. The lowest BCUT2D eigenvalue weighted by molar-refractivity contribution is 0.350. The van der Waals surface area contributed by atoms with Crippen LogP contribution in [0.15, 0.2) is 24.4 Å². The Kier molecular flexibility index (Phi) is 4.52. The minimum Gasteiger partial charge on any atom is -0.493 e. The summed E-state index contributed by atoms with van der Waals surface area (Å²) in [6.45, 7) is 0.0579. The summed E-state index contributed by atoms with van der Waals surface area (Å²) in [5, 5.41) is 2.64. The fraction of sp³-hybridized carbons (Fsp3) is 0.214. The molecule has 1 heterocycles. The van der Waals surface area contributed by atoms with E-state index >= 15 is 0 Å². The van der Waals surface area contributed by atoms with Crippen molar-refractivity contribution in [3.63, 3.8) is 0 Å². The Labute approximate surface area is 119 Å². The maximum absolute atomic E-state index is 13.5. The molecule has 4 nitrogen and oxygen atoms in total. The maximum atomic E-state index is 13.5. The highest BCUT2D eigenvalue weighted by atomic mass is 19.2. The van der Waals surface area contributed by atoms with Crippen molar-refractivity contribution in [1.29, 1.82) is 0 Å². The van der Waals surface area contributed by atoms with Crippen molar-refractivity contribution in [2.75, 3.05) is 19.5 Å². The fourth-order valence-corrected chi connectivity index (χ4v) is 1.82. The van der Waals surface area contributed by atoms with Crippen molar-refractivity contribution in [2.45, 2.75) is 6.54 Å². The minimum atomic E-state index is -1.52. The van der Waals surface area contributed by atoms with E-state index in [0.29, 0.717) is 17.2 Å². The van der Waals surface area contributed by atoms with Crippen molar-refractivity contribution < 1.29 is 22.6 Å². The predicted octanol–water partition coefficient (Wildman–Crippen LogP) is 3.13. The number of aromatic nitrogens is 1. The van der Waals surface area contributed by atoms with Crippen molar-refractivity contribution in [2.24, 2.45) is 0 Å². The standard InChI is InChI=1S/C14H13F3N2O2/c1-20-11-5-6-18-10(14(11)21-2)7-19-9-4-3-8(15)12(16)13(9)17/h3-6,19H,7H2,1-2H3. The lowest BCUT2D eigenvalue weighted by Crippen LogP contribution is -2.07. The summed E-state index contributed by atoms with van der Waals surface area (Å²) < 4.78 is 49.8. The van der Waals surface area contributed by atoms with Crippen molar-refractivity contribution in [3.8, 4) is 11.5 Å². The Bertz CT molecular complexity index is 650. The zero-order valence-electron chi connectivity index (χ0n) is 11.4. The number of halogens is 3. The second-order valence-corrected chi connectivity index (χ2v) is 4.07. The quantitative estimate of drug-likeness (QED) is 0.861. The van der Waals surface area contributed by atoms with Gasteiger partial charge in [-0.1, -0.05) is 0 Å². The zero-order valence-corrected chi connectivity index (χ0v) is 11.4. The molecule has 2 aromatic rings. The average Bonchev–Trinajstić information content (AvgIpc) is 2.51. The van der Waals surface area contributed by atoms with Crippen LogP contribution in [0.1, 0.15) is 5.69 Å². The largest absolute Gasteiger partial charge is 0.493 e. The van der Waals surface area contributed by atoms with Crippen LogP contribution in [0.25, 0.3) is 0 Å². The lowest BCUT2D eigenvalue weighted by Gasteiger charge is -2.13. The smallest absolute Gasteiger partial charge is 0.196 e. The van der Waals surface area contributed by atoms with Gasteiger partial charge in [0.1, 0.15) is 5.69 Å². The van der Waals surface area contributed by atoms with E-state index in [1.165, 1.54) is 20.4 Å². The third-order valence-electron chi connectivity index (χ3n) is 2.85. The summed E-state index contributed by atoms with van der Waals surface area (Å²) in [5.41, 5.74) is 0.279. The molecule has 0 atom stereocenters. The van der Waals surface area contributed by atoms with Gasteiger partial charge in [-0.05, 0) is 12.1 Å². The summed E-state index contributed by atoms with van der Waals surface area (Å²) in [4.78, 5) is 4.09. The molecule has 2 rings (SSSR count). The second kappa shape index (κ2) is 6.34. The van der Waals surface area contributed by atoms with Gasteiger partial charge in [0.05, 0.1) is 26.5 Å². The third-order valence-corrected chi connectivity index (χ3v) is 2.85. The monoisotopic (exact) mass is 298 g/mol. The number of hydrogen-bond donors (Lipinski definition) is 1. The molecule has 0 aliphatic carbocycles. The van der Waals surface area contributed by atoms with Crippen LogP contribution in [0.3, 0.4) is 0 Å². The van der Waals surface area contributed by atoms with Crippen LogP contribution in [-0.2, 0) is 6.54 Å². The highest BCUT2D eigenvalue weighted by Gasteiger charge is 2.15. The van der Waals surface area contributed by atoms with Gasteiger partial charge in [-0.25, -0.2) is 13.2 Å². The van der Waals surface area contributed by atoms with Gasteiger partial charge < -0.3 is 14.8 Å². The van der Waals surface area contributed by atoms with Gasteiger partial charge in [-0.15, -0.1) is 0 Å². The number of nitrogens with one attached hydrogen (secondary N) is 1. The molecule has 112 valence electrons.